The molecule has 5 nitrogen and oxygen atoms in total. The predicted molar refractivity (Wildman–Crippen MR) is 72.4 cm³/mol. The van der Waals surface area contributed by atoms with Crippen molar-refractivity contribution >= 4 is 11.7 Å². The van der Waals surface area contributed by atoms with Gasteiger partial charge in [-0.2, -0.15) is 5.26 Å². The van der Waals surface area contributed by atoms with E-state index in [-0.39, 0.29) is 17.7 Å². The molecule has 100 valence electrons. The predicted octanol–water partition coefficient (Wildman–Crippen LogP) is 1.75. The highest BCUT2D eigenvalue weighted by molar-refractivity contribution is 5.78. The van der Waals surface area contributed by atoms with Gasteiger partial charge in [-0.25, -0.2) is 4.98 Å². The molecule has 0 aliphatic heterocycles. The van der Waals surface area contributed by atoms with Crippen molar-refractivity contribution in [2.24, 2.45) is 11.7 Å². The highest BCUT2D eigenvalue weighted by Gasteiger charge is 2.34. The van der Waals surface area contributed by atoms with Gasteiger partial charge in [-0.05, 0) is 37.3 Å². The summed E-state index contributed by atoms with van der Waals surface area (Å²) in [4.78, 5) is 15.8. The van der Waals surface area contributed by atoms with E-state index in [0.29, 0.717) is 5.56 Å². The molecule has 2 atom stereocenters. The summed E-state index contributed by atoms with van der Waals surface area (Å²) in [6.07, 6.45) is 4.28. The van der Waals surface area contributed by atoms with E-state index in [0.717, 1.165) is 37.2 Å². The minimum Gasteiger partial charge on any atom is -0.370 e. The normalized spacial score (nSPS) is 21.9. The standard InChI is InChI=1S/C14H18N4O/c1-2-17-14-12(6-9(7-15)8-18-14)10-4-3-5-11(10)13(16)19/h6,8,10-11H,2-5H2,1H3,(H2,16,19)(H,17,18)/t10-,11+/m1/s1. The molecule has 0 saturated heterocycles. The lowest BCUT2D eigenvalue weighted by molar-refractivity contribution is -0.122. The van der Waals surface area contributed by atoms with Crippen molar-refractivity contribution in [1.82, 2.24) is 4.98 Å². The van der Waals surface area contributed by atoms with Crippen LogP contribution < -0.4 is 11.1 Å². The number of primary amides is 1. The molecule has 0 aromatic carbocycles. The summed E-state index contributed by atoms with van der Waals surface area (Å²) in [5.74, 6) is 0.437. The van der Waals surface area contributed by atoms with E-state index in [4.69, 9.17) is 11.0 Å². The van der Waals surface area contributed by atoms with Crippen molar-refractivity contribution in [3.8, 4) is 6.07 Å². The molecule has 1 heterocycles. The number of carbonyl (C=O) groups is 1. The van der Waals surface area contributed by atoms with Gasteiger partial charge in [-0.1, -0.05) is 6.42 Å². The minimum absolute atomic E-state index is 0.0762. The maximum atomic E-state index is 11.5. The average molecular weight is 258 g/mol. The Morgan fingerprint density at radius 3 is 3.05 bits per heavy atom. The first-order chi connectivity index (χ1) is 9.17. The van der Waals surface area contributed by atoms with E-state index >= 15 is 0 Å². The van der Waals surface area contributed by atoms with Crippen LogP contribution >= 0.6 is 0 Å². The van der Waals surface area contributed by atoms with Crippen molar-refractivity contribution in [3.05, 3.63) is 23.4 Å². The molecule has 1 fully saturated rings. The Labute approximate surface area is 112 Å². The van der Waals surface area contributed by atoms with E-state index in [1.165, 1.54) is 0 Å². The van der Waals surface area contributed by atoms with Crippen LogP contribution in [0.2, 0.25) is 0 Å². The number of nitrogens with zero attached hydrogens (tertiary/aromatic N) is 2. The number of pyridine rings is 1. The Morgan fingerprint density at radius 2 is 2.42 bits per heavy atom. The van der Waals surface area contributed by atoms with Crippen LogP contribution in [0.4, 0.5) is 5.82 Å². The molecule has 1 aromatic rings. The van der Waals surface area contributed by atoms with E-state index in [1.807, 2.05) is 13.0 Å². The zero-order chi connectivity index (χ0) is 13.8. The summed E-state index contributed by atoms with van der Waals surface area (Å²) in [5.41, 5.74) is 6.94. The third kappa shape index (κ3) is 2.68. The molecule has 19 heavy (non-hydrogen) atoms. The van der Waals surface area contributed by atoms with Crippen molar-refractivity contribution in [3.63, 3.8) is 0 Å². The van der Waals surface area contributed by atoms with E-state index in [1.54, 1.807) is 6.20 Å². The summed E-state index contributed by atoms with van der Waals surface area (Å²) in [6.45, 7) is 2.74. The van der Waals surface area contributed by atoms with Gasteiger partial charge in [0.15, 0.2) is 0 Å². The molecule has 1 aliphatic rings. The van der Waals surface area contributed by atoms with Gasteiger partial charge < -0.3 is 11.1 Å². The fourth-order valence-electron chi connectivity index (χ4n) is 2.81. The highest BCUT2D eigenvalue weighted by atomic mass is 16.1. The van der Waals surface area contributed by atoms with Gasteiger partial charge >= 0.3 is 0 Å². The number of nitriles is 1. The van der Waals surface area contributed by atoms with Crippen molar-refractivity contribution < 1.29 is 4.79 Å². The quantitative estimate of drug-likeness (QED) is 0.860. The largest absolute Gasteiger partial charge is 0.370 e. The second-order valence-corrected chi connectivity index (χ2v) is 4.85. The Morgan fingerprint density at radius 1 is 1.63 bits per heavy atom. The van der Waals surface area contributed by atoms with Crippen molar-refractivity contribution in [1.29, 1.82) is 5.26 Å². The zero-order valence-corrected chi connectivity index (χ0v) is 11.0. The molecule has 0 radical (unpaired) electrons. The summed E-state index contributed by atoms with van der Waals surface area (Å²) < 4.78 is 0. The molecule has 1 aliphatic carbocycles. The summed E-state index contributed by atoms with van der Waals surface area (Å²) in [7, 11) is 0. The number of carbonyl (C=O) groups excluding carboxylic acids is 1. The number of anilines is 1. The Hall–Kier alpha value is -2.09. The summed E-state index contributed by atoms with van der Waals surface area (Å²) in [5, 5.41) is 12.2. The first-order valence-electron chi connectivity index (χ1n) is 6.60. The third-order valence-corrected chi connectivity index (χ3v) is 3.67. The number of amides is 1. The van der Waals surface area contributed by atoms with E-state index in [9.17, 15) is 4.79 Å². The van der Waals surface area contributed by atoms with Crippen LogP contribution in [0.3, 0.4) is 0 Å². The van der Waals surface area contributed by atoms with Crippen molar-refractivity contribution in [2.75, 3.05) is 11.9 Å². The number of aromatic nitrogens is 1. The van der Waals surface area contributed by atoms with Crippen LogP contribution in [0.15, 0.2) is 12.3 Å². The number of nitrogens with two attached hydrogens (primary N) is 1. The zero-order valence-electron chi connectivity index (χ0n) is 11.0. The maximum absolute atomic E-state index is 11.5. The molecule has 0 bridgehead atoms. The molecule has 2 rings (SSSR count). The molecule has 0 spiro atoms. The SMILES string of the molecule is CCNc1ncc(C#N)cc1[C@@H]1CCC[C@@H]1C(N)=O. The second kappa shape index (κ2) is 5.70. The molecule has 3 N–H and O–H groups in total. The molecular formula is C14H18N4O. The number of hydrogen-bond donors (Lipinski definition) is 2. The Bertz CT molecular complexity index is 521. The second-order valence-electron chi connectivity index (χ2n) is 4.85. The minimum atomic E-state index is -0.257. The van der Waals surface area contributed by atoms with Crippen LogP contribution in [-0.4, -0.2) is 17.4 Å². The topological polar surface area (TPSA) is 91.8 Å². The van der Waals surface area contributed by atoms with Crippen LogP contribution in [0.1, 0.15) is 43.2 Å². The van der Waals surface area contributed by atoms with Crippen LogP contribution in [0, 0.1) is 17.2 Å². The van der Waals surface area contributed by atoms with Gasteiger partial charge in [0.1, 0.15) is 11.9 Å². The first-order valence-corrected chi connectivity index (χ1v) is 6.60. The third-order valence-electron chi connectivity index (χ3n) is 3.67. The Balaban J connectivity index is 2.41. The fraction of sp³-hybridized carbons (Fsp3) is 0.500. The molecule has 0 unspecified atom stereocenters. The molecule has 1 amide bonds. The van der Waals surface area contributed by atoms with Gasteiger partial charge in [-0.3, -0.25) is 4.79 Å². The number of nitrogens with one attached hydrogen (secondary N) is 1. The summed E-state index contributed by atoms with van der Waals surface area (Å²) >= 11 is 0. The number of rotatable bonds is 4. The highest BCUT2D eigenvalue weighted by Crippen LogP contribution is 2.41. The lowest BCUT2D eigenvalue weighted by Crippen LogP contribution is -2.26. The lowest BCUT2D eigenvalue weighted by atomic mass is 9.88. The van der Waals surface area contributed by atoms with Crippen molar-refractivity contribution in [2.45, 2.75) is 32.1 Å². The summed E-state index contributed by atoms with van der Waals surface area (Å²) in [6, 6.07) is 3.93. The molecular weight excluding hydrogens is 240 g/mol. The Kier molecular flexibility index (Phi) is 4.00. The van der Waals surface area contributed by atoms with E-state index in [2.05, 4.69) is 16.4 Å². The first kappa shape index (κ1) is 13.3. The number of hydrogen-bond acceptors (Lipinski definition) is 4. The monoisotopic (exact) mass is 258 g/mol. The molecule has 1 saturated carbocycles. The van der Waals surface area contributed by atoms with Gasteiger partial charge in [0.05, 0.1) is 5.56 Å². The van der Waals surface area contributed by atoms with E-state index < -0.39 is 0 Å². The smallest absolute Gasteiger partial charge is 0.221 e. The molecule has 5 heteroatoms. The van der Waals surface area contributed by atoms with Crippen LogP contribution in [0.5, 0.6) is 0 Å². The lowest BCUT2D eigenvalue weighted by Gasteiger charge is -2.20. The maximum Gasteiger partial charge on any atom is 0.221 e. The van der Waals surface area contributed by atoms with Gasteiger partial charge in [0.25, 0.3) is 0 Å². The fourth-order valence-corrected chi connectivity index (χ4v) is 2.81. The molecule has 1 aromatic heterocycles. The van der Waals surface area contributed by atoms with Gasteiger partial charge in [-0.15, -0.1) is 0 Å². The average Bonchev–Trinajstić information content (AvgIpc) is 2.89. The van der Waals surface area contributed by atoms with Crippen LogP contribution in [-0.2, 0) is 4.79 Å². The van der Waals surface area contributed by atoms with Gasteiger partial charge in [0, 0.05) is 18.7 Å². The van der Waals surface area contributed by atoms with Crippen LogP contribution in [0.25, 0.3) is 0 Å². The van der Waals surface area contributed by atoms with Gasteiger partial charge in [0.2, 0.25) is 5.91 Å².